The van der Waals surface area contributed by atoms with E-state index in [0.717, 1.165) is 36.3 Å². The summed E-state index contributed by atoms with van der Waals surface area (Å²) in [5.74, 6) is 1.25. The molecule has 1 aliphatic rings. The van der Waals surface area contributed by atoms with E-state index in [4.69, 9.17) is 5.41 Å². The molecule has 1 N–H and O–H groups in total. The van der Waals surface area contributed by atoms with Crippen molar-refractivity contribution in [2.45, 2.75) is 40.5 Å². The molecule has 0 amide bonds. The fourth-order valence-corrected chi connectivity index (χ4v) is 2.37. The molecular weight excluding hydrogens is 274 g/mol. The molecule has 0 fully saturated rings. The number of fused-ring (bicyclic) bond motifs is 1. The minimum Gasteiger partial charge on any atom is -0.349 e. The third-order valence-electron chi connectivity index (χ3n) is 3.89. The molecule has 0 bridgehead atoms. The van der Waals surface area contributed by atoms with Crippen LogP contribution in [0.3, 0.4) is 0 Å². The van der Waals surface area contributed by atoms with E-state index in [1.807, 2.05) is 49.9 Å². The summed E-state index contributed by atoms with van der Waals surface area (Å²) < 4.78 is 0. The smallest absolute Gasteiger partial charge is 0.157 e. The van der Waals surface area contributed by atoms with Crippen LogP contribution in [0.4, 0.5) is 0 Å². The highest BCUT2D eigenvalue weighted by Gasteiger charge is 2.29. The van der Waals surface area contributed by atoms with Gasteiger partial charge in [-0.1, -0.05) is 58.4 Å². The van der Waals surface area contributed by atoms with Crippen molar-refractivity contribution < 1.29 is 4.79 Å². The van der Waals surface area contributed by atoms with Crippen molar-refractivity contribution in [2.75, 3.05) is 13.1 Å². The van der Waals surface area contributed by atoms with E-state index in [2.05, 4.69) is 11.9 Å². The maximum absolute atomic E-state index is 12.4. The lowest BCUT2D eigenvalue weighted by Gasteiger charge is -2.27. The Kier molecular flexibility index (Phi) is 4.79. The number of benzene rings is 1. The summed E-state index contributed by atoms with van der Waals surface area (Å²) in [7, 11) is 0. The standard InChI is InChI=1S/C18H25N3O/c1-5-6-11-21(12-15(22)18(2,3)4)17-14-10-8-7-9-13(14)16(19)20-17/h7-10,19H,5-6,11-12H2,1-4H3. The van der Waals surface area contributed by atoms with Gasteiger partial charge >= 0.3 is 0 Å². The van der Waals surface area contributed by atoms with Crippen LogP contribution in [0.1, 0.15) is 51.7 Å². The van der Waals surface area contributed by atoms with Crippen LogP contribution in [-0.4, -0.2) is 35.4 Å². The summed E-state index contributed by atoms with van der Waals surface area (Å²) >= 11 is 0. The second kappa shape index (κ2) is 6.42. The lowest BCUT2D eigenvalue weighted by atomic mass is 9.90. The van der Waals surface area contributed by atoms with Gasteiger partial charge in [0.2, 0.25) is 0 Å². The van der Waals surface area contributed by atoms with Gasteiger partial charge in [0.15, 0.2) is 11.6 Å². The lowest BCUT2D eigenvalue weighted by Crippen LogP contribution is -2.40. The van der Waals surface area contributed by atoms with Gasteiger partial charge in [-0.3, -0.25) is 10.2 Å². The zero-order chi connectivity index (χ0) is 16.3. The number of nitrogens with zero attached hydrogens (tertiary/aromatic N) is 2. The fraction of sp³-hybridized carbons (Fsp3) is 0.500. The topological polar surface area (TPSA) is 56.5 Å². The minimum absolute atomic E-state index is 0.196. The van der Waals surface area contributed by atoms with Crippen LogP contribution in [0.15, 0.2) is 29.3 Å². The maximum Gasteiger partial charge on any atom is 0.157 e. The fourth-order valence-electron chi connectivity index (χ4n) is 2.37. The van der Waals surface area contributed by atoms with Crippen LogP contribution in [0, 0.1) is 10.8 Å². The van der Waals surface area contributed by atoms with Crippen molar-refractivity contribution >= 4 is 17.5 Å². The quantitative estimate of drug-likeness (QED) is 0.904. The van der Waals surface area contributed by atoms with E-state index in [0.29, 0.717) is 6.54 Å². The minimum atomic E-state index is -0.364. The first kappa shape index (κ1) is 16.4. The molecular formula is C18H25N3O. The van der Waals surface area contributed by atoms with Gasteiger partial charge in [0, 0.05) is 23.1 Å². The number of rotatable bonds is 5. The average molecular weight is 299 g/mol. The number of ketones is 1. The zero-order valence-electron chi connectivity index (χ0n) is 13.9. The van der Waals surface area contributed by atoms with Crippen LogP contribution in [-0.2, 0) is 4.79 Å². The molecule has 0 saturated heterocycles. The largest absolute Gasteiger partial charge is 0.349 e. The Labute approximate surface area is 132 Å². The second-order valence-corrected chi connectivity index (χ2v) is 6.78. The third-order valence-corrected chi connectivity index (χ3v) is 3.89. The Morgan fingerprint density at radius 3 is 2.45 bits per heavy atom. The summed E-state index contributed by atoms with van der Waals surface area (Å²) in [6.45, 7) is 9.11. The molecule has 1 aromatic rings. The van der Waals surface area contributed by atoms with Gasteiger partial charge in [0.1, 0.15) is 5.84 Å². The molecule has 22 heavy (non-hydrogen) atoms. The molecule has 0 saturated carbocycles. The van der Waals surface area contributed by atoms with Crippen LogP contribution in [0.2, 0.25) is 0 Å². The summed E-state index contributed by atoms with van der Waals surface area (Å²) in [5.41, 5.74) is 1.45. The first-order valence-electron chi connectivity index (χ1n) is 7.90. The van der Waals surface area contributed by atoms with Gasteiger partial charge in [-0.2, -0.15) is 0 Å². The van der Waals surface area contributed by atoms with Crippen molar-refractivity contribution in [1.82, 2.24) is 4.90 Å². The van der Waals surface area contributed by atoms with Crippen molar-refractivity contribution in [3.8, 4) is 0 Å². The Hall–Kier alpha value is -1.97. The number of Topliss-reactive ketones (excluding diaryl/α,β-unsaturated/α-hetero) is 1. The molecule has 0 radical (unpaired) electrons. The molecule has 1 heterocycles. The molecule has 0 spiro atoms. The van der Waals surface area contributed by atoms with Gasteiger partial charge in [-0.05, 0) is 6.42 Å². The lowest BCUT2D eigenvalue weighted by molar-refractivity contribution is -0.126. The van der Waals surface area contributed by atoms with Crippen LogP contribution >= 0.6 is 0 Å². The van der Waals surface area contributed by atoms with Gasteiger partial charge in [-0.15, -0.1) is 0 Å². The first-order chi connectivity index (χ1) is 10.3. The van der Waals surface area contributed by atoms with Crippen LogP contribution in [0.5, 0.6) is 0 Å². The number of unbranched alkanes of at least 4 members (excludes halogenated alkanes) is 1. The number of hydrogen-bond acceptors (Lipinski definition) is 3. The number of carbonyl (C=O) groups excluding carboxylic acids is 1. The highest BCUT2D eigenvalue weighted by molar-refractivity contribution is 6.21. The normalized spacial score (nSPS) is 13.8. The number of hydrogen-bond donors (Lipinski definition) is 1. The number of aliphatic imine (C=N–C) groups is 1. The molecule has 4 heteroatoms. The van der Waals surface area contributed by atoms with Gasteiger partial charge in [0.25, 0.3) is 0 Å². The Morgan fingerprint density at radius 2 is 1.86 bits per heavy atom. The maximum atomic E-state index is 12.4. The third kappa shape index (κ3) is 3.43. The summed E-state index contributed by atoms with van der Waals surface area (Å²) in [4.78, 5) is 18.9. The molecule has 0 aliphatic carbocycles. The van der Waals surface area contributed by atoms with Crippen LogP contribution in [0.25, 0.3) is 0 Å². The molecule has 4 nitrogen and oxygen atoms in total. The highest BCUT2D eigenvalue weighted by atomic mass is 16.1. The highest BCUT2D eigenvalue weighted by Crippen LogP contribution is 2.22. The van der Waals surface area contributed by atoms with E-state index < -0.39 is 0 Å². The first-order valence-corrected chi connectivity index (χ1v) is 7.90. The van der Waals surface area contributed by atoms with Crippen LogP contribution < -0.4 is 0 Å². The molecule has 118 valence electrons. The number of amidine groups is 2. The summed E-state index contributed by atoms with van der Waals surface area (Å²) in [6.07, 6.45) is 2.07. The second-order valence-electron chi connectivity index (χ2n) is 6.78. The molecule has 0 aromatic heterocycles. The SMILES string of the molecule is CCCCN(CC(=O)C(C)(C)C)C1=NC(=N)c2ccccc21. The van der Waals surface area contributed by atoms with E-state index in [1.165, 1.54) is 0 Å². The van der Waals surface area contributed by atoms with E-state index in [1.54, 1.807) is 0 Å². The van der Waals surface area contributed by atoms with Crippen molar-refractivity contribution in [1.29, 1.82) is 5.41 Å². The number of nitrogens with one attached hydrogen (secondary N) is 1. The van der Waals surface area contributed by atoms with Crippen molar-refractivity contribution in [3.63, 3.8) is 0 Å². The molecule has 0 unspecified atom stereocenters. The molecule has 1 aromatic carbocycles. The number of carbonyl (C=O) groups is 1. The predicted octanol–water partition coefficient (Wildman–Crippen LogP) is 3.49. The summed E-state index contributed by atoms with van der Waals surface area (Å²) in [5, 5.41) is 8.04. The van der Waals surface area contributed by atoms with E-state index >= 15 is 0 Å². The van der Waals surface area contributed by atoms with Crippen molar-refractivity contribution in [2.24, 2.45) is 10.4 Å². The molecule has 2 rings (SSSR count). The van der Waals surface area contributed by atoms with E-state index in [9.17, 15) is 4.79 Å². The van der Waals surface area contributed by atoms with E-state index in [-0.39, 0.29) is 17.0 Å². The Balaban J connectivity index is 2.29. The summed E-state index contributed by atoms with van der Waals surface area (Å²) in [6, 6.07) is 7.77. The van der Waals surface area contributed by atoms with Gasteiger partial charge in [0.05, 0.1) is 6.54 Å². The molecule has 0 atom stereocenters. The predicted molar refractivity (Wildman–Crippen MR) is 90.8 cm³/mol. The van der Waals surface area contributed by atoms with Gasteiger partial charge < -0.3 is 4.90 Å². The molecule has 1 aliphatic heterocycles. The Morgan fingerprint density at radius 1 is 1.23 bits per heavy atom. The average Bonchev–Trinajstić information content (AvgIpc) is 2.80. The zero-order valence-corrected chi connectivity index (χ0v) is 13.9. The monoisotopic (exact) mass is 299 g/mol. The van der Waals surface area contributed by atoms with Gasteiger partial charge in [-0.25, -0.2) is 4.99 Å². The van der Waals surface area contributed by atoms with Crippen molar-refractivity contribution in [3.05, 3.63) is 35.4 Å². The Bertz CT molecular complexity index is 611.